The average Bonchev–Trinajstić information content (AvgIpc) is 3.30. The lowest BCUT2D eigenvalue weighted by atomic mass is 10.0. The van der Waals surface area contributed by atoms with Gasteiger partial charge in [-0.25, -0.2) is 0 Å². The molecule has 1 aromatic carbocycles. The van der Waals surface area contributed by atoms with Crippen LogP contribution in [0.5, 0.6) is 11.5 Å². The molecule has 3 heterocycles. The molecule has 0 spiro atoms. The minimum absolute atomic E-state index is 0.161. The lowest BCUT2D eigenvalue weighted by molar-refractivity contribution is 0.391. The fourth-order valence-electron chi connectivity index (χ4n) is 3.50. The molecule has 1 aliphatic rings. The maximum atomic E-state index is 6.00. The first-order valence-corrected chi connectivity index (χ1v) is 9.32. The minimum atomic E-state index is -0.210. The number of benzene rings is 1. The van der Waals surface area contributed by atoms with Gasteiger partial charge in [0.1, 0.15) is 29.1 Å². The van der Waals surface area contributed by atoms with Gasteiger partial charge in [-0.3, -0.25) is 4.98 Å². The first-order chi connectivity index (χ1) is 13.6. The number of furan rings is 1. The molecule has 1 N–H and O–H groups in total. The van der Waals surface area contributed by atoms with Gasteiger partial charge >= 0.3 is 0 Å². The largest absolute Gasteiger partial charge is 0.497 e. The van der Waals surface area contributed by atoms with Gasteiger partial charge in [-0.1, -0.05) is 6.07 Å². The summed E-state index contributed by atoms with van der Waals surface area (Å²) in [5, 5.41) is 3.99. The first kappa shape index (κ1) is 18.3. The van der Waals surface area contributed by atoms with Crippen molar-refractivity contribution >= 4 is 23.0 Å². The topological polar surface area (TPSA) is 59.8 Å². The van der Waals surface area contributed by atoms with E-state index in [0.717, 1.165) is 22.9 Å². The molecule has 0 amide bonds. The number of methoxy groups -OCH3 is 2. The maximum absolute atomic E-state index is 6.00. The molecular formula is C21H21N3O3S. The number of ether oxygens (including phenoxy) is 2. The molecule has 0 bridgehead atoms. The summed E-state index contributed by atoms with van der Waals surface area (Å²) in [6.45, 7) is 1.93. The van der Waals surface area contributed by atoms with Gasteiger partial charge in [0.25, 0.3) is 0 Å². The number of rotatable bonds is 5. The van der Waals surface area contributed by atoms with Gasteiger partial charge in [-0.05, 0) is 55.5 Å². The number of pyridine rings is 1. The van der Waals surface area contributed by atoms with Crippen LogP contribution >= 0.6 is 12.2 Å². The summed E-state index contributed by atoms with van der Waals surface area (Å²) < 4.78 is 17.0. The second kappa shape index (κ2) is 7.52. The number of anilines is 1. The number of aromatic nitrogens is 1. The first-order valence-electron chi connectivity index (χ1n) is 8.91. The van der Waals surface area contributed by atoms with Crippen LogP contribution in [0.1, 0.15) is 29.3 Å². The Hall–Kier alpha value is -3.06. The highest BCUT2D eigenvalue weighted by Gasteiger charge is 2.43. The maximum Gasteiger partial charge on any atom is 0.174 e. The molecule has 0 aliphatic carbocycles. The lowest BCUT2D eigenvalue weighted by Gasteiger charge is -2.27. The summed E-state index contributed by atoms with van der Waals surface area (Å²) in [5.74, 6) is 3.02. The van der Waals surface area contributed by atoms with Crippen molar-refractivity contribution in [3.05, 3.63) is 71.9 Å². The van der Waals surface area contributed by atoms with Crippen molar-refractivity contribution < 1.29 is 13.9 Å². The zero-order chi connectivity index (χ0) is 19.7. The molecule has 144 valence electrons. The van der Waals surface area contributed by atoms with Crippen LogP contribution in [0.25, 0.3) is 0 Å². The summed E-state index contributed by atoms with van der Waals surface area (Å²) in [5.41, 5.74) is 1.72. The van der Waals surface area contributed by atoms with Crippen LogP contribution in [0.15, 0.2) is 59.1 Å². The van der Waals surface area contributed by atoms with Gasteiger partial charge < -0.3 is 24.1 Å². The molecule has 0 unspecified atom stereocenters. The lowest BCUT2D eigenvalue weighted by Crippen LogP contribution is -2.29. The smallest absolute Gasteiger partial charge is 0.174 e. The van der Waals surface area contributed by atoms with Crippen LogP contribution in [0.3, 0.4) is 0 Å². The quantitative estimate of drug-likeness (QED) is 0.651. The van der Waals surface area contributed by atoms with Gasteiger partial charge in [0.2, 0.25) is 0 Å². The predicted molar refractivity (Wildman–Crippen MR) is 111 cm³/mol. The third-order valence-electron chi connectivity index (χ3n) is 4.80. The Morgan fingerprint density at radius 3 is 2.61 bits per heavy atom. The van der Waals surface area contributed by atoms with E-state index in [1.807, 2.05) is 60.4 Å². The fraction of sp³-hybridized carbons (Fsp3) is 0.238. The second-order valence-electron chi connectivity index (χ2n) is 6.48. The summed E-state index contributed by atoms with van der Waals surface area (Å²) in [7, 11) is 3.26. The van der Waals surface area contributed by atoms with E-state index in [0.29, 0.717) is 16.6 Å². The van der Waals surface area contributed by atoms with E-state index < -0.39 is 0 Å². The Labute approximate surface area is 169 Å². The number of thiocarbonyl (C=S) groups is 1. The number of hydrogen-bond donors (Lipinski definition) is 1. The van der Waals surface area contributed by atoms with E-state index in [4.69, 9.17) is 26.1 Å². The molecule has 4 rings (SSSR count). The van der Waals surface area contributed by atoms with Crippen LogP contribution in [0, 0.1) is 6.92 Å². The van der Waals surface area contributed by atoms with Crippen LogP contribution in [0.4, 0.5) is 5.69 Å². The van der Waals surface area contributed by atoms with Crippen LogP contribution in [-0.4, -0.2) is 24.3 Å². The Bertz CT molecular complexity index is 990. The summed E-state index contributed by atoms with van der Waals surface area (Å²) in [6.07, 6.45) is 1.78. The Balaban J connectivity index is 1.84. The highest BCUT2D eigenvalue weighted by molar-refractivity contribution is 7.80. The molecule has 1 fully saturated rings. The SMILES string of the molecule is COc1ccc(N2C(=S)N[C@H](c3ccccn3)[C@@H]2c2ccc(C)o2)c(OC)c1. The zero-order valence-electron chi connectivity index (χ0n) is 15.9. The molecule has 6 nitrogen and oxygen atoms in total. The Kier molecular flexibility index (Phi) is 4.92. The molecular weight excluding hydrogens is 374 g/mol. The van der Waals surface area contributed by atoms with Gasteiger partial charge in [-0.15, -0.1) is 0 Å². The van der Waals surface area contributed by atoms with E-state index in [1.54, 1.807) is 20.4 Å². The molecule has 1 aliphatic heterocycles. The van der Waals surface area contributed by atoms with Crippen molar-refractivity contribution in [3.63, 3.8) is 0 Å². The number of hydrogen-bond acceptors (Lipinski definition) is 5. The molecule has 2 atom stereocenters. The molecule has 0 saturated carbocycles. The fourth-order valence-corrected chi connectivity index (χ4v) is 3.84. The van der Waals surface area contributed by atoms with Crippen molar-refractivity contribution in [1.29, 1.82) is 0 Å². The number of nitrogens with one attached hydrogen (secondary N) is 1. The third-order valence-corrected chi connectivity index (χ3v) is 5.11. The number of nitrogens with zero attached hydrogens (tertiary/aromatic N) is 2. The molecule has 28 heavy (non-hydrogen) atoms. The van der Waals surface area contributed by atoms with Crippen LogP contribution in [0.2, 0.25) is 0 Å². The van der Waals surface area contributed by atoms with Crippen molar-refractivity contribution in [1.82, 2.24) is 10.3 Å². The Morgan fingerprint density at radius 2 is 1.96 bits per heavy atom. The van der Waals surface area contributed by atoms with Crippen molar-refractivity contribution in [2.24, 2.45) is 0 Å². The zero-order valence-corrected chi connectivity index (χ0v) is 16.7. The van der Waals surface area contributed by atoms with Gasteiger partial charge in [-0.2, -0.15) is 0 Å². The van der Waals surface area contributed by atoms with Crippen LogP contribution in [-0.2, 0) is 0 Å². The van der Waals surface area contributed by atoms with E-state index in [-0.39, 0.29) is 12.1 Å². The van der Waals surface area contributed by atoms with Gasteiger partial charge in [0.15, 0.2) is 5.11 Å². The minimum Gasteiger partial charge on any atom is -0.497 e. The molecule has 0 radical (unpaired) electrons. The van der Waals surface area contributed by atoms with Crippen LogP contribution < -0.4 is 19.7 Å². The van der Waals surface area contributed by atoms with E-state index >= 15 is 0 Å². The van der Waals surface area contributed by atoms with Gasteiger partial charge in [0.05, 0.1) is 31.6 Å². The van der Waals surface area contributed by atoms with Crippen molar-refractivity contribution in [2.45, 2.75) is 19.0 Å². The second-order valence-corrected chi connectivity index (χ2v) is 6.87. The summed E-state index contributed by atoms with van der Waals surface area (Å²) in [4.78, 5) is 6.55. The third kappa shape index (κ3) is 3.18. The molecule has 2 aromatic heterocycles. The highest BCUT2D eigenvalue weighted by Crippen LogP contribution is 2.45. The summed E-state index contributed by atoms with van der Waals surface area (Å²) >= 11 is 5.71. The molecule has 1 saturated heterocycles. The monoisotopic (exact) mass is 395 g/mol. The van der Waals surface area contributed by atoms with E-state index in [9.17, 15) is 0 Å². The highest BCUT2D eigenvalue weighted by atomic mass is 32.1. The predicted octanol–water partition coefficient (Wildman–Crippen LogP) is 4.18. The standard InChI is InChI=1S/C21H21N3O3S/c1-13-7-10-17(27-13)20-19(15-6-4-5-11-22-15)23-21(28)24(20)16-9-8-14(25-2)12-18(16)26-3/h4-12,19-20H,1-3H3,(H,23,28)/t19-,20+/m1/s1. The molecule has 3 aromatic rings. The summed E-state index contributed by atoms with van der Waals surface area (Å²) in [6, 6.07) is 15.1. The van der Waals surface area contributed by atoms with Gasteiger partial charge in [0, 0.05) is 12.3 Å². The van der Waals surface area contributed by atoms with E-state index in [2.05, 4.69) is 10.3 Å². The normalized spacial score (nSPS) is 18.8. The number of aryl methyl sites for hydroxylation is 1. The molecule has 7 heteroatoms. The Morgan fingerprint density at radius 1 is 1.11 bits per heavy atom. The van der Waals surface area contributed by atoms with Crippen molar-refractivity contribution in [3.8, 4) is 11.5 Å². The van der Waals surface area contributed by atoms with E-state index in [1.165, 1.54) is 0 Å². The van der Waals surface area contributed by atoms with Crippen molar-refractivity contribution in [2.75, 3.05) is 19.1 Å². The average molecular weight is 395 g/mol.